The van der Waals surface area contributed by atoms with Crippen LogP contribution >= 0.6 is 0 Å². The summed E-state index contributed by atoms with van der Waals surface area (Å²) in [5, 5.41) is 5.06. The van der Waals surface area contributed by atoms with E-state index in [9.17, 15) is 4.39 Å². The molecule has 0 aliphatic rings. The fourth-order valence-electron chi connectivity index (χ4n) is 0.560. The van der Waals surface area contributed by atoms with Gasteiger partial charge in [0.1, 0.15) is 0 Å². The van der Waals surface area contributed by atoms with E-state index in [-0.39, 0.29) is 5.95 Å². The molecule has 0 atom stereocenters. The van der Waals surface area contributed by atoms with Crippen LogP contribution in [0.1, 0.15) is 26.7 Å². The van der Waals surface area contributed by atoms with Crippen molar-refractivity contribution in [3.8, 4) is 0 Å². The maximum atomic E-state index is 12.8. The van der Waals surface area contributed by atoms with E-state index in [1.54, 1.807) is 13.3 Å². The number of nitrogens with zero attached hydrogens (tertiary/aromatic N) is 2. The summed E-state index contributed by atoms with van der Waals surface area (Å²) < 4.78 is 12.8. The summed E-state index contributed by atoms with van der Waals surface area (Å²) in [6.45, 7) is 3.84. The van der Waals surface area contributed by atoms with Crippen LogP contribution < -0.4 is 0 Å². The first kappa shape index (κ1) is 10.1. The number of hydrogen-bond acceptors (Lipinski definition) is 2. The molecule has 64 valence electrons. The highest BCUT2D eigenvalue weighted by atomic mass is 19.1. The fraction of sp³-hybridized carbons (Fsp3) is 0.625. The van der Waals surface area contributed by atoms with Crippen molar-refractivity contribution < 1.29 is 4.39 Å². The van der Waals surface area contributed by atoms with Gasteiger partial charge in [0.2, 0.25) is 5.95 Å². The molecule has 0 heterocycles. The van der Waals surface area contributed by atoms with Crippen molar-refractivity contribution in [2.75, 3.05) is 7.05 Å². The lowest BCUT2D eigenvalue weighted by Gasteiger charge is -2.08. The van der Waals surface area contributed by atoms with Gasteiger partial charge in [0, 0.05) is 13.3 Å². The summed E-state index contributed by atoms with van der Waals surface area (Å²) in [6, 6.07) is 0. The average Bonchev–Trinajstić information content (AvgIpc) is 2.00. The molecule has 0 bridgehead atoms. The third-order valence-corrected chi connectivity index (χ3v) is 1.12. The van der Waals surface area contributed by atoms with Crippen molar-refractivity contribution >= 4 is 6.21 Å². The molecule has 0 fully saturated rings. The quantitative estimate of drug-likeness (QED) is 0.349. The van der Waals surface area contributed by atoms with Crippen LogP contribution in [0.5, 0.6) is 0 Å². The average molecular weight is 158 g/mol. The highest BCUT2D eigenvalue weighted by molar-refractivity contribution is 5.56. The normalized spacial score (nSPS) is 12.5. The van der Waals surface area contributed by atoms with Gasteiger partial charge < -0.3 is 0 Å². The van der Waals surface area contributed by atoms with E-state index in [1.165, 1.54) is 11.1 Å². The molecule has 0 aromatic rings. The van der Waals surface area contributed by atoms with Crippen molar-refractivity contribution in [2.45, 2.75) is 26.7 Å². The maximum absolute atomic E-state index is 12.8. The smallest absolute Gasteiger partial charge is 0.205 e. The Hall–Kier alpha value is -0.860. The van der Waals surface area contributed by atoms with E-state index >= 15 is 0 Å². The second-order valence-corrected chi connectivity index (χ2v) is 2.16. The summed E-state index contributed by atoms with van der Waals surface area (Å²) in [4.78, 5) is 0. The monoisotopic (exact) mass is 158 g/mol. The molecule has 0 radical (unpaired) electrons. The second-order valence-electron chi connectivity index (χ2n) is 2.16. The molecule has 0 aliphatic heterocycles. The van der Waals surface area contributed by atoms with Crippen LogP contribution in [-0.4, -0.2) is 18.3 Å². The first-order valence-corrected chi connectivity index (χ1v) is 3.84. The molecule has 0 saturated carbocycles. The molecule has 3 heteroatoms. The minimum atomic E-state index is -0.294. The third-order valence-electron chi connectivity index (χ3n) is 1.12. The molecule has 0 spiro atoms. The van der Waals surface area contributed by atoms with Crippen LogP contribution in [0.2, 0.25) is 0 Å². The molecule has 0 unspecified atom stereocenters. The molecule has 0 saturated heterocycles. The first-order valence-electron chi connectivity index (χ1n) is 3.84. The van der Waals surface area contributed by atoms with Gasteiger partial charge in [0.15, 0.2) is 0 Å². The zero-order valence-corrected chi connectivity index (χ0v) is 7.34. The molecular weight excluding hydrogens is 143 g/mol. The summed E-state index contributed by atoms with van der Waals surface area (Å²) >= 11 is 0. The van der Waals surface area contributed by atoms with Gasteiger partial charge in [0.25, 0.3) is 0 Å². The van der Waals surface area contributed by atoms with Gasteiger partial charge in [-0.3, -0.25) is 0 Å². The van der Waals surface area contributed by atoms with Gasteiger partial charge in [0.05, 0.1) is 0 Å². The third kappa shape index (κ3) is 4.53. The molecule has 0 aromatic carbocycles. The van der Waals surface area contributed by atoms with Crippen molar-refractivity contribution in [3.05, 3.63) is 12.0 Å². The van der Waals surface area contributed by atoms with Crippen LogP contribution in [0.25, 0.3) is 0 Å². The summed E-state index contributed by atoms with van der Waals surface area (Å²) in [6.07, 6.45) is 4.68. The van der Waals surface area contributed by atoms with Crippen LogP contribution in [-0.2, 0) is 0 Å². The SMILES string of the molecule is CC/C=C(\F)N(C)/N=C/CC. The van der Waals surface area contributed by atoms with Gasteiger partial charge in [-0.15, -0.1) is 0 Å². The van der Waals surface area contributed by atoms with E-state index < -0.39 is 0 Å². The van der Waals surface area contributed by atoms with Crippen LogP contribution in [0.15, 0.2) is 17.1 Å². The predicted octanol–water partition coefficient (Wildman–Crippen LogP) is 2.53. The molecule has 0 aromatic heterocycles. The van der Waals surface area contributed by atoms with E-state index in [0.717, 1.165) is 6.42 Å². The maximum Gasteiger partial charge on any atom is 0.205 e. The number of hydrazone groups is 1. The highest BCUT2D eigenvalue weighted by Crippen LogP contribution is 2.03. The molecule has 11 heavy (non-hydrogen) atoms. The summed E-state index contributed by atoms with van der Waals surface area (Å²) in [5.74, 6) is -0.294. The Morgan fingerprint density at radius 1 is 1.45 bits per heavy atom. The zero-order chi connectivity index (χ0) is 8.69. The Kier molecular flexibility index (Phi) is 5.43. The Labute approximate surface area is 67.4 Å². The topological polar surface area (TPSA) is 15.6 Å². The van der Waals surface area contributed by atoms with Crippen LogP contribution in [0.4, 0.5) is 4.39 Å². The van der Waals surface area contributed by atoms with Gasteiger partial charge in [-0.1, -0.05) is 13.8 Å². The van der Waals surface area contributed by atoms with E-state index in [4.69, 9.17) is 0 Å². The fourth-order valence-corrected chi connectivity index (χ4v) is 0.560. The number of allylic oxidation sites excluding steroid dienone is 1. The van der Waals surface area contributed by atoms with Gasteiger partial charge >= 0.3 is 0 Å². The van der Waals surface area contributed by atoms with Gasteiger partial charge in [-0.25, -0.2) is 5.01 Å². The Morgan fingerprint density at radius 3 is 2.55 bits per heavy atom. The lowest BCUT2D eigenvalue weighted by Crippen LogP contribution is -2.06. The van der Waals surface area contributed by atoms with Crippen LogP contribution in [0.3, 0.4) is 0 Å². The Morgan fingerprint density at radius 2 is 2.09 bits per heavy atom. The highest BCUT2D eigenvalue weighted by Gasteiger charge is 1.96. The summed E-state index contributed by atoms with van der Waals surface area (Å²) in [7, 11) is 1.59. The molecule has 0 aliphatic carbocycles. The molecule has 0 rings (SSSR count). The zero-order valence-electron chi connectivity index (χ0n) is 7.34. The lowest BCUT2D eigenvalue weighted by molar-refractivity contribution is 0.332. The van der Waals surface area contributed by atoms with Crippen molar-refractivity contribution in [2.24, 2.45) is 5.10 Å². The number of rotatable bonds is 4. The predicted molar refractivity (Wildman–Crippen MR) is 46.0 cm³/mol. The molecule has 0 amide bonds. The van der Waals surface area contributed by atoms with Crippen molar-refractivity contribution in [3.63, 3.8) is 0 Å². The van der Waals surface area contributed by atoms with Crippen molar-refractivity contribution in [1.29, 1.82) is 0 Å². The largest absolute Gasteiger partial charge is 0.243 e. The van der Waals surface area contributed by atoms with Crippen molar-refractivity contribution in [1.82, 2.24) is 5.01 Å². The van der Waals surface area contributed by atoms with Gasteiger partial charge in [-0.05, 0) is 18.9 Å². The van der Waals surface area contributed by atoms with E-state index in [1.807, 2.05) is 13.8 Å². The van der Waals surface area contributed by atoms with E-state index in [0.29, 0.717) is 6.42 Å². The Bertz CT molecular complexity index is 152. The second kappa shape index (κ2) is 5.89. The number of halogens is 1. The molecule has 2 nitrogen and oxygen atoms in total. The first-order chi connectivity index (χ1) is 5.22. The molecule has 0 N–H and O–H groups in total. The van der Waals surface area contributed by atoms with Gasteiger partial charge in [-0.2, -0.15) is 9.49 Å². The standard InChI is InChI=1S/C8H15FN2/c1-4-6-8(9)11(3)10-7-5-2/h6-7H,4-5H2,1-3H3/b8-6+,10-7+. The summed E-state index contributed by atoms with van der Waals surface area (Å²) in [5.41, 5.74) is 0. The minimum Gasteiger partial charge on any atom is -0.243 e. The van der Waals surface area contributed by atoms with E-state index in [2.05, 4.69) is 5.10 Å². The Balaban J connectivity index is 3.91. The molecular formula is C8H15FN2. The van der Waals surface area contributed by atoms with Crippen LogP contribution in [0, 0.1) is 0 Å². The number of hydrogen-bond donors (Lipinski definition) is 0. The minimum absolute atomic E-state index is 0.294. The lowest BCUT2D eigenvalue weighted by atomic mass is 10.4.